The van der Waals surface area contributed by atoms with Crippen LogP contribution in [0, 0.1) is 10.7 Å². The molecule has 1 atom stereocenters. The minimum atomic E-state index is -2.77. The second kappa shape index (κ2) is 12.7. The topological polar surface area (TPSA) is 51.5 Å². The van der Waals surface area contributed by atoms with Crippen LogP contribution in [0.3, 0.4) is 0 Å². The van der Waals surface area contributed by atoms with Gasteiger partial charge in [0.25, 0.3) is 0 Å². The molecule has 6 heteroatoms. The summed E-state index contributed by atoms with van der Waals surface area (Å²) in [6, 6.07) is 0. The number of rotatable bonds is 13. The van der Waals surface area contributed by atoms with Crippen molar-refractivity contribution in [1.82, 2.24) is 0 Å². The lowest BCUT2D eigenvalue weighted by molar-refractivity contribution is 0.0687. The summed E-state index contributed by atoms with van der Waals surface area (Å²) in [7, 11) is -2.77. The smallest absolute Gasteiger partial charge is 0.373 e. The van der Waals surface area contributed by atoms with Crippen LogP contribution >= 0.6 is 11.8 Å². The maximum absolute atomic E-state index is 9.08. The number of unbranched alkanes of at least 4 members (excludes halogenated alkanes) is 3. The van der Waals surface area contributed by atoms with Crippen molar-refractivity contribution >= 4 is 20.6 Å². The summed E-state index contributed by atoms with van der Waals surface area (Å²) in [5.74, 6) is 0. The van der Waals surface area contributed by atoms with Crippen LogP contribution in [0.1, 0.15) is 59.8 Å². The van der Waals surface area contributed by atoms with Crippen LogP contribution in [0.5, 0.6) is 0 Å². The van der Waals surface area contributed by atoms with Gasteiger partial charge in [0.2, 0.25) is 0 Å². The second-order valence-electron chi connectivity index (χ2n) is 4.45. The van der Waals surface area contributed by atoms with E-state index in [1.165, 1.54) is 31.0 Å². The normalized spacial score (nSPS) is 13.2. The van der Waals surface area contributed by atoms with Gasteiger partial charge in [-0.15, -0.1) is 0 Å². The Morgan fingerprint density at radius 3 is 1.90 bits per heavy atom. The van der Waals surface area contributed by atoms with E-state index in [0.717, 1.165) is 12.8 Å². The molecule has 0 spiro atoms. The molecule has 20 heavy (non-hydrogen) atoms. The van der Waals surface area contributed by atoms with Crippen LogP contribution in [-0.4, -0.2) is 33.5 Å². The van der Waals surface area contributed by atoms with Gasteiger partial charge in [-0.05, 0) is 39.0 Å². The fraction of sp³-hybridized carbons (Fsp3) is 0.929. The molecule has 0 saturated heterocycles. The minimum absolute atomic E-state index is 0.0178. The van der Waals surface area contributed by atoms with Gasteiger partial charge >= 0.3 is 8.80 Å². The first-order valence-electron chi connectivity index (χ1n) is 7.67. The zero-order valence-corrected chi connectivity index (χ0v) is 15.1. The Morgan fingerprint density at radius 1 is 0.950 bits per heavy atom. The summed E-state index contributed by atoms with van der Waals surface area (Å²) < 4.78 is 17.7. The fourth-order valence-corrected chi connectivity index (χ4v) is 6.47. The molecule has 1 unspecified atom stereocenters. The van der Waals surface area contributed by atoms with Crippen LogP contribution in [0.25, 0.3) is 0 Å². The van der Waals surface area contributed by atoms with E-state index in [0.29, 0.717) is 19.8 Å². The third-order valence-corrected chi connectivity index (χ3v) is 7.94. The van der Waals surface area contributed by atoms with E-state index in [-0.39, 0.29) is 4.87 Å². The molecule has 0 heterocycles. The Bertz CT molecular complexity index is 257. The highest BCUT2D eigenvalue weighted by Gasteiger charge is 2.49. The molecule has 4 nitrogen and oxygen atoms in total. The van der Waals surface area contributed by atoms with E-state index in [1.54, 1.807) is 0 Å². The molecule has 0 bridgehead atoms. The Hall–Kier alpha value is -0.0631. The Balaban J connectivity index is 4.82. The van der Waals surface area contributed by atoms with Gasteiger partial charge in [-0.25, -0.2) is 0 Å². The number of thiocyanates is 1. The standard InChI is InChI=1S/C14H29NO3SSi/c1-5-9-10-11-12-14(19-13-15)20(16-6-2,17-7-3)18-8-4/h14H,5-12H2,1-4H3. The van der Waals surface area contributed by atoms with Gasteiger partial charge < -0.3 is 13.3 Å². The lowest BCUT2D eigenvalue weighted by atomic mass is 10.2. The zero-order valence-electron chi connectivity index (χ0n) is 13.3. The van der Waals surface area contributed by atoms with Crippen molar-refractivity contribution in [2.24, 2.45) is 0 Å². The average molecular weight is 320 g/mol. The lowest BCUT2D eigenvalue weighted by Gasteiger charge is -2.33. The molecule has 0 aromatic rings. The first-order valence-corrected chi connectivity index (χ1v) is 10.3. The van der Waals surface area contributed by atoms with Gasteiger partial charge in [0, 0.05) is 19.8 Å². The van der Waals surface area contributed by atoms with Crippen molar-refractivity contribution in [3.8, 4) is 5.40 Å². The number of hydrogen-bond donors (Lipinski definition) is 0. The Kier molecular flexibility index (Phi) is 12.6. The van der Waals surface area contributed by atoms with Crippen molar-refractivity contribution in [2.75, 3.05) is 19.8 Å². The molecule has 0 aliphatic heterocycles. The number of hydrogen-bond acceptors (Lipinski definition) is 5. The molecule has 0 fully saturated rings. The van der Waals surface area contributed by atoms with Crippen LogP contribution in [-0.2, 0) is 13.3 Å². The molecule has 0 saturated carbocycles. The number of nitriles is 1. The van der Waals surface area contributed by atoms with Crippen molar-refractivity contribution < 1.29 is 13.3 Å². The third-order valence-electron chi connectivity index (χ3n) is 2.95. The van der Waals surface area contributed by atoms with Gasteiger partial charge in [-0.2, -0.15) is 5.26 Å². The summed E-state index contributed by atoms with van der Waals surface area (Å²) in [6.45, 7) is 9.72. The molecule has 0 N–H and O–H groups in total. The summed E-state index contributed by atoms with van der Waals surface area (Å²) >= 11 is 1.25. The van der Waals surface area contributed by atoms with E-state index >= 15 is 0 Å². The highest BCUT2D eigenvalue weighted by atomic mass is 32.2. The maximum Gasteiger partial charge on any atom is 0.515 e. The first kappa shape index (κ1) is 19.9. The van der Waals surface area contributed by atoms with Crippen LogP contribution in [0.15, 0.2) is 0 Å². The van der Waals surface area contributed by atoms with Crippen molar-refractivity contribution in [3.05, 3.63) is 0 Å². The Labute approximate surface area is 129 Å². The summed E-state index contributed by atoms with van der Waals surface area (Å²) in [5.41, 5.74) is 0. The van der Waals surface area contributed by atoms with Gasteiger partial charge in [-0.3, -0.25) is 0 Å². The average Bonchev–Trinajstić information content (AvgIpc) is 2.43. The number of thioether (sulfide) groups is 1. The SMILES string of the molecule is CCCCCCC(SC#N)[Si](OCC)(OCC)OCC. The van der Waals surface area contributed by atoms with Gasteiger partial charge in [-0.1, -0.05) is 32.6 Å². The van der Waals surface area contributed by atoms with Crippen LogP contribution in [0.2, 0.25) is 0 Å². The first-order chi connectivity index (χ1) is 9.70. The van der Waals surface area contributed by atoms with E-state index < -0.39 is 8.80 Å². The zero-order chi connectivity index (χ0) is 15.3. The van der Waals surface area contributed by atoms with E-state index in [9.17, 15) is 0 Å². The van der Waals surface area contributed by atoms with Crippen molar-refractivity contribution in [1.29, 1.82) is 5.26 Å². The second-order valence-corrected chi connectivity index (χ2v) is 8.63. The van der Waals surface area contributed by atoms with Crippen LogP contribution < -0.4 is 0 Å². The van der Waals surface area contributed by atoms with E-state index in [1.807, 2.05) is 20.8 Å². The minimum Gasteiger partial charge on any atom is -0.373 e. The van der Waals surface area contributed by atoms with Crippen molar-refractivity contribution in [2.45, 2.75) is 64.7 Å². The molecule has 118 valence electrons. The van der Waals surface area contributed by atoms with Gasteiger partial charge in [0.15, 0.2) is 0 Å². The Morgan fingerprint density at radius 2 is 1.50 bits per heavy atom. The van der Waals surface area contributed by atoms with Crippen molar-refractivity contribution in [3.63, 3.8) is 0 Å². The maximum atomic E-state index is 9.08. The molecule has 0 aliphatic rings. The fourth-order valence-electron chi connectivity index (χ4n) is 2.14. The highest BCUT2D eigenvalue weighted by Crippen LogP contribution is 2.29. The summed E-state index contributed by atoms with van der Waals surface area (Å²) in [5, 5.41) is 11.3. The molecular formula is C14H29NO3SSi. The summed E-state index contributed by atoms with van der Waals surface area (Å²) in [6.07, 6.45) is 5.64. The van der Waals surface area contributed by atoms with Gasteiger partial charge in [0.1, 0.15) is 5.40 Å². The summed E-state index contributed by atoms with van der Waals surface area (Å²) in [4.78, 5) is 0.0178. The predicted octanol–water partition coefficient (Wildman–Crippen LogP) is 4.13. The molecule has 0 aliphatic carbocycles. The monoisotopic (exact) mass is 319 g/mol. The largest absolute Gasteiger partial charge is 0.515 e. The molecular weight excluding hydrogens is 290 g/mol. The number of nitrogens with zero attached hydrogens (tertiary/aromatic N) is 1. The molecule has 0 rings (SSSR count). The van der Waals surface area contributed by atoms with E-state index in [4.69, 9.17) is 18.5 Å². The molecule has 0 aromatic heterocycles. The third kappa shape index (κ3) is 7.09. The molecule has 0 radical (unpaired) electrons. The molecule has 0 amide bonds. The van der Waals surface area contributed by atoms with Gasteiger partial charge in [0.05, 0.1) is 4.87 Å². The molecule has 0 aromatic carbocycles. The highest BCUT2D eigenvalue weighted by molar-refractivity contribution is 8.05. The predicted molar refractivity (Wildman–Crippen MR) is 86.4 cm³/mol. The van der Waals surface area contributed by atoms with Crippen LogP contribution in [0.4, 0.5) is 0 Å². The quantitative estimate of drug-likeness (QED) is 0.290. The lowest BCUT2D eigenvalue weighted by Crippen LogP contribution is -2.55. The van der Waals surface area contributed by atoms with E-state index in [2.05, 4.69) is 12.3 Å².